The summed E-state index contributed by atoms with van der Waals surface area (Å²) in [6.45, 7) is 3.07. The molecule has 0 aliphatic carbocycles. The quantitative estimate of drug-likeness (QED) is 0.595. The first-order valence-corrected chi connectivity index (χ1v) is 6.52. The first-order valence-electron chi connectivity index (χ1n) is 5.77. The van der Waals surface area contributed by atoms with E-state index in [2.05, 4.69) is 18.2 Å². The van der Waals surface area contributed by atoms with Gasteiger partial charge in [-0.15, -0.1) is 12.3 Å². The van der Waals surface area contributed by atoms with Gasteiger partial charge in [-0.05, 0) is 44.0 Å². The lowest BCUT2D eigenvalue weighted by Crippen LogP contribution is -2.19. The molecule has 1 N–H and O–H groups in total. The molecule has 0 aromatic heterocycles. The van der Waals surface area contributed by atoms with Gasteiger partial charge in [0.2, 0.25) is 0 Å². The largest absolute Gasteiger partial charge is 0.310 e. The molecule has 0 saturated heterocycles. The van der Waals surface area contributed by atoms with Crippen LogP contribution in [0.1, 0.15) is 37.8 Å². The molecule has 0 aliphatic rings. The Labute approximate surface area is 114 Å². The van der Waals surface area contributed by atoms with Crippen molar-refractivity contribution < 1.29 is 0 Å². The monoisotopic (exact) mass is 269 g/mol. The number of nitrogens with one attached hydrogen (secondary N) is 1. The maximum atomic E-state index is 5.98. The van der Waals surface area contributed by atoms with Gasteiger partial charge in [0.05, 0.1) is 10.0 Å². The summed E-state index contributed by atoms with van der Waals surface area (Å²) in [6.07, 6.45) is 8.21. The number of hydrogen-bond acceptors (Lipinski definition) is 1. The lowest BCUT2D eigenvalue weighted by molar-refractivity contribution is 0.549. The van der Waals surface area contributed by atoms with Crippen LogP contribution in [0, 0.1) is 12.3 Å². The molecule has 0 radical (unpaired) electrons. The summed E-state index contributed by atoms with van der Waals surface area (Å²) in [6, 6.07) is 6.00. The highest BCUT2D eigenvalue weighted by Crippen LogP contribution is 2.25. The molecule has 1 rings (SSSR count). The van der Waals surface area contributed by atoms with E-state index in [1.165, 1.54) is 0 Å². The molecule has 0 aliphatic heterocycles. The van der Waals surface area contributed by atoms with Crippen molar-refractivity contribution in [1.82, 2.24) is 5.32 Å². The summed E-state index contributed by atoms with van der Waals surface area (Å²) >= 11 is 11.9. The molecule has 1 aromatic rings. The van der Waals surface area contributed by atoms with Gasteiger partial charge in [-0.2, -0.15) is 0 Å². The zero-order valence-corrected chi connectivity index (χ0v) is 11.5. The van der Waals surface area contributed by atoms with E-state index in [1.54, 1.807) is 0 Å². The molecule has 0 saturated carbocycles. The van der Waals surface area contributed by atoms with E-state index in [1.807, 2.05) is 18.2 Å². The van der Waals surface area contributed by atoms with Crippen molar-refractivity contribution in [2.45, 2.75) is 32.2 Å². The Morgan fingerprint density at radius 1 is 1.29 bits per heavy atom. The van der Waals surface area contributed by atoms with E-state index in [-0.39, 0.29) is 6.04 Å². The highest BCUT2D eigenvalue weighted by Gasteiger charge is 2.06. The standard InChI is InChI=1S/C14H17Cl2N/c1-3-4-5-6-9-17-11(2)12-7-8-13(15)14(16)10-12/h1,7-8,10-11,17H,4-6,9H2,2H3. The molecule has 0 bridgehead atoms. The third-order valence-corrected chi connectivity index (χ3v) is 3.38. The van der Waals surface area contributed by atoms with Crippen molar-refractivity contribution in [3.8, 4) is 12.3 Å². The van der Waals surface area contributed by atoms with Gasteiger partial charge in [0, 0.05) is 12.5 Å². The van der Waals surface area contributed by atoms with E-state index in [9.17, 15) is 0 Å². The van der Waals surface area contributed by atoms with Crippen molar-refractivity contribution in [3.05, 3.63) is 33.8 Å². The smallest absolute Gasteiger partial charge is 0.0595 e. The Morgan fingerprint density at radius 3 is 2.71 bits per heavy atom. The summed E-state index contributed by atoms with van der Waals surface area (Å²) in [5.74, 6) is 2.64. The maximum Gasteiger partial charge on any atom is 0.0595 e. The second kappa shape index (κ2) is 7.61. The van der Waals surface area contributed by atoms with Crippen molar-refractivity contribution in [1.29, 1.82) is 0 Å². The number of hydrogen-bond donors (Lipinski definition) is 1. The number of terminal acetylenes is 1. The fourth-order valence-corrected chi connectivity index (χ4v) is 1.88. The molecular formula is C14H17Cl2N. The first kappa shape index (κ1) is 14.4. The summed E-state index contributed by atoms with van der Waals surface area (Å²) in [4.78, 5) is 0. The Kier molecular flexibility index (Phi) is 6.44. The minimum absolute atomic E-state index is 0.274. The Hall–Kier alpha value is -0.680. The van der Waals surface area contributed by atoms with Gasteiger partial charge in [0.25, 0.3) is 0 Å². The van der Waals surface area contributed by atoms with Crippen LogP contribution in [-0.2, 0) is 0 Å². The van der Waals surface area contributed by atoms with Crippen molar-refractivity contribution in [2.75, 3.05) is 6.54 Å². The normalized spacial score (nSPS) is 12.1. The lowest BCUT2D eigenvalue weighted by atomic mass is 10.1. The van der Waals surface area contributed by atoms with Gasteiger partial charge in [0.15, 0.2) is 0 Å². The predicted molar refractivity (Wildman–Crippen MR) is 75.6 cm³/mol. The van der Waals surface area contributed by atoms with Crippen molar-refractivity contribution >= 4 is 23.2 Å². The van der Waals surface area contributed by atoms with Crippen molar-refractivity contribution in [3.63, 3.8) is 0 Å². The van der Waals surface area contributed by atoms with Crippen LogP contribution < -0.4 is 5.32 Å². The minimum atomic E-state index is 0.274. The van der Waals surface area contributed by atoms with Crippen LogP contribution in [0.15, 0.2) is 18.2 Å². The summed E-state index contributed by atoms with van der Waals surface area (Å²) in [5.41, 5.74) is 1.15. The number of halogens is 2. The molecular weight excluding hydrogens is 253 g/mol. The topological polar surface area (TPSA) is 12.0 Å². The average molecular weight is 270 g/mol. The molecule has 0 amide bonds. The third-order valence-electron chi connectivity index (χ3n) is 2.64. The molecule has 17 heavy (non-hydrogen) atoms. The van der Waals surface area contributed by atoms with Gasteiger partial charge in [-0.25, -0.2) is 0 Å². The second-order valence-corrected chi connectivity index (χ2v) is 4.82. The molecule has 0 fully saturated rings. The Balaban J connectivity index is 2.39. The number of rotatable bonds is 6. The third kappa shape index (κ3) is 5.00. The highest BCUT2D eigenvalue weighted by atomic mass is 35.5. The zero-order chi connectivity index (χ0) is 12.7. The Morgan fingerprint density at radius 2 is 2.06 bits per heavy atom. The van der Waals surface area contributed by atoms with E-state index in [4.69, 9.17) is 29.6 Å². The molecule has 1 aromatic carbocycles. The fourth-order valence-electron chi connectivity index (χ4n) is 1.57. The summed E-state index contributed by atoms with van der Waals surface area (Å²) in [7, 11) is 0. The lowest BCUT2D eigenvalue weighted by Gasteiger charge is -2.14. The molecule has 0 spiro atoms. The minimum Gasteiger partial charge on any atom is -0.310 e. The van der Waals surface area contributed by atoms with Crippen LogP contribution >= 0.6 is 23.2 Å². The van der Waals surface area contributed by atoms with Crippen LogP contribution in [0.5, 0.6) is 0 Å². The van der Waals surface area contributed by atoms with Crippen LogP contribution in [0.25, 0.3) is 0 Å². The predicted octanol–water partition coefficient (Wildman–Crippen LogP) is 4.45. The van der Waals surface area contributed by atoms with Crippen LogP contribution in [-0.4, -0.2) is 6.54 Å². The molecule has 0 heterocycles. The molecule has 3 heteroatoms. The Bertz CT molecular complexity index is 396. The van der Waals surface area contributed by atoms with Gasteiger partial charge >= 0.3 is 0 Å². The average Bonchev–Trinajstić information content (AvgIpc) is 2.32. The molecule has 1 atom stereocenters. The van der Waals surface area contributed by atoms with Gasteiger partial charge in [0.1, 0.15) is 0 Å². The maximum absolute atomic E-state index is 5.98. The van der Waals surface area contributed by atoms with E-state index in [0.29, 0.717) is 10.0 Å². The molecule has 1 nitrogen and oxygen atoms in total. The number of benzene rings is 1. The summed E-state index contributed by atoms with van der Waals surface area (Å²) in [5, 5.41) is 4.63. The van der Waals surface area contributed by atoms with Gasteiger partial charge in [-0.3, -0.25) is 0 Å². The van der Waals surface area contributed by atoms with Crippen LogP contribution in [0.4, 0.5) is 0 Å². The SMILES string of the molecule is C#CCCCCNC(C)c1ccc(Cl)c(Cl)c1. The first-order chi connectivity index (χ1) is 8.15. The molecule has 1 unspecified atom stereocenters. The van der Waals surface area contributed by atoms with Gasteiger partial charge in [-0.1, -0.05) is 29.3 Å². The molecule has 92 valence electrons. The van der Waals surface area contributed by atoms with Gasteiger partial charge < -0.3 is 5.32 Å². The van der Waals surface area contributed by atoms with Crippen LogP contribution in [0.3, 0.4) is 0 Å². The zero-order valence-electron chi connectivity index (χ0n) is 9.97. The summed E-state index contributed by atoms with van der Waals surface area (Å²) < 4.78 is 0. The van der Waals surface area contributed by atoms with Crippen LogP contribution in [0.2, 0.25) is 10.0 Å². The highest BCUT2D eigenvalue weighted by molar-refractivity contribution is 6.42. The fraction of sp³-hybridized carbons (Fsp3) is 0.429. The second-order valence-electron chi connectivity index (χ2n) is 4.01. The van der Waals surface area contributed by atoms with Crippen molar-refractivity contribution in [2.24, 2.45) is 0 Å². The van der Waals surface area contributed by atoms with E-state index >= 15 is 0 Å². The van der Waals surface area contributed by atoms with E-state index in [0.717, 1.165) is 31.4 Å². The van der Waals surface area contributed by atoms with E-state index < -0.39 is 0 Å². The number of unbranched alkanes of at least 4 members (excludes halogenated alkanes) is 2.